The quantitative estimate of drug-likeness (QED) is 0.740. The van der Waals surface area contributed by atoms with E-state index in [1.165, 1.54) is 18.6 Å². The van der Waals surface area contributed by atoms with E-state index in [0.29, 0.717) is 17.3 Å². The van der Waals surface area contributed by atoms with Crippen LogP contribution in [-0.2, 0) is 0 Å². The van der Waals surface area contributed by atoms with Crippen molar-refractivity contribution in [2.24, 2.45) is 0 Å². The highest BCUT2D eigenvalue weighted by molar-refractivity contribution is 6.04. The van der Waals surface area contributed by atoms with Crippen molar-refractivity contribution in [2.45, 2.75) is 6.92 Å². The van der Waals surface area contributed by atoms with E-state index in [1.807, 2.05) is 19.1 Å². The molecule has 8 heteroatoms. The maximum absolute atomic E-state index is 12.3. The number of hydrogen-bond donors (Lipinski definition) is 2. The van der Waals surface area contributed by atoms with E-state index in [9.17, 15) is 4.79 Å². The van der Waals surface area contributed by atoms with Gasteiger partial charge in [-0.2, -0.15) is 5.10 Å². The number of aromatic amines is 1. The van der Waals surface area contributed by atoms with Crippen molar-refractivity contribution in [1.82, 2.24) is 20.2 Å². The molecule has 8 nitrogen and oxygen atoms in total. The molecule has 1 amide bonds. The Morgan fingerprint density at radius 3 is 2.64 bits per heavy atom. The predicted octanol–water partition coefficient (Wildman–Crippen LogP) is 2.44. The molecule has 2 N–H and O–H groups in total. The van der Waals surface area contributed by atoms with Gasteiger partial charge in [0.25, 0.3) is 5.91 Å². The number of rotatable bonds is 5. The Labute approximate surface area is 144 Å². The third-order valence-electron chi connectivity index (χ3n) is 3.65. The standard InChI is InChI=1S/C17H17N5O3/c1-10-15(11-4-5-13(24-2)14(8-11)25-3)16(22-21-10)20-17(23)12-9-18-6-7-19-12/h4-9H,1-3H3,(H2,20,21,22,23). The molecule has 0 saturated heterocycles. The van der Waals surface area contributed by atoms with E-state index in [0.717, 1.165) is 16.8 Å². The van der Waals surface area contributed by atoms with Crippen molar-refractivity contribution in [2.75, 3.05) is 19.5 Å². The molecule has 2 heterocycles. The zero-order valence-corrected chi connectivity index (χ0v) is 14.0. The van der Waals surface area contributed by atoms with Gasteiger partial charge in [-0.05, 0) is 24.6 Å². The van der Waals surface area contributed by atoms with E-state index < -0.39 is 0 Å². The number of aromatic nitrogens is 4. The lowest BCUT2D eigenvalue weighted by Crippen LogP contribution is -2.14. The number of nitrogens with one attached hydrogen (secondary N) is 2. The summed E-state index contributed by atoms with van der Waals surface area (Å²) in [5.74, 6) is 1.23. The minimum Gasteiger partial charge on any atom is -0.493 e. The Balaban J connectivity index is 1.96. The molecule has 0 bridgehead atoms. The van der Waals surface area contributed by atoms with Crippen LogP contribution in [0.15, 0.2) is 36.8 Å². The normalized spacial score (nSPS) is 10.4. The van der Waals surface area contributed by atoms with Crippen LogP contribution in [0.2, 0.25) is 0 Å². The minimum atomic E-state index is -0.388. The first-order chi connectivity index (χ1) is 12.1. The fraction of sp³-hybridized carbons (Fsp3) is 0.176. The molecule has 25 heavy (non-hydrogen) atoms. The first-order valence-electron chi connectivity index (χ1n) is 7.48. The van der Waals surface area contributed by atoms with Crippen LogP contribution in [0.1, 0.15) is 16.2 Å². The average Bonchev–Trinajstić information content (AvgIpc) is 3.02. The van der Waals surface area contributed by atoms with Crippen LogP contribution in [0.5, 0.6) is 11.5 Å². The fourth-order valence-electron chi connectivity index (χ4n) is 2.45. The van der Waals surface area contributed by atoms with Gasteiger partial charge in [0.1, 0.15) is 5.69 Å². The van der Waals surface area contributed by atoms with Crippen molar-refractivity contribution in [1.29, 1.82) is 0 Å². The van der Waals surface area contributed by atoms with E-state index in [-0.39, 0.29) is 11.6 Å². The van der Waals surface area contributed by atoms with Crippen LogP contribution in [0.25, 0.3) is 11.1 Å². The summed E-state index contributed by atoms with van der Waals surface area (Å²) < 4.78 is 10.6. The number of carbonyl (C=O) groups is 1. The maximum atomic E-state index is 12.3. The maximum Gasteiger partial charge on any atom is 0.277 e. The topological polar surface area (TPSA) is 102 Å². The van der Waals surface area contributed by atoms with Gasteiger partial charge in [-0.15, -0.1) is 0 Å². The Morgan fingerprint density at radius 1 is 1.16 bits per heavy atom. The first kappa shape index (κ1) is 16.4. The van der Waals surface area contributed by atoms with Crippen molar-refractivity contribution >= 4 is 11.7 Å². The van der Waals surface area contributed by atoms with E-state index in [1.54, 1.807) is 20.3 Å². The van der Waals surface area contributed by atoms with Gasteiger partial charge in [0.05, 0.1) is 20.4 Å². The van der Waals surface area contributed by atoms with Crippen molar-refractivity contribution in [3.05, 3.63) is 48.2 Å². The molecule has 128 valence electrons. The van der Waals surface area contributed by atoms with E-state index >= 15 is 0 Å². The van der Waals surface area contributed by atoms with E-state index in [2.05, 4.69) is 25.5 Å². The molecule has 3 rings (SSSR count). The molecular weight excluding hydrogens is 322 g/mol. The van der Waals surface area contributed by atoms with Gasteiger partial charge in [0, 0.05) is 23.7 Å². The molecule has 0 spiro atoms. The van der Waals surface area contributed by atoms with Crippen molar-refractivity contribution in [3.8, 4) is 22.6 Å². The third kappa shape index (κ3) is 3.27. The van der Waals surface area contributed by atoms with Gasteiger partial charge >= 0.3 is 0 Å². The lowest BCUT2D eigenvalue weighted by molar-refractivity contribution is 0.102. The molecule has 0 unspecified atom stereocenters. The summed E-state index contributed by atoms with van der Waals surface area (Å²) >= 11 is 0. The zero-order chi connectivity index (χ0) is 17.8. The number of amides is 1. The second kappa shape index (κ2) is 7.00. The zero-order valence-electron chi connectivity index (χ0n) is 14.0. The SMILES string of the molecule is COc1ccc(-c2c(NC(=O)c3cnccn3)n[nH]c2C)cc1OC. The molecule has 0 fully saturated rings. The van der Waals surface area contributed by atoms with E-state index in [4.69, 9.17) is 9.47 Å². The number of anilines is 1. The number of nitrogens with zero attached hydrogens (tertiary/aromatic N) is 3. The summed E-state index contributed by atoms with van der Waals surface area (Å²) in [5.41, 5.74) is 2.61. The summed E-state index contributed by atoms with van der Waals surface area (Å²) in [6, 6.07) is 5.50. The number of hydrogen-bond acceptors (Lipinski definition) is 6. The molecule has 1 aromatic carbocycles. The first-order valence-corrected chi connectivity index (χ1v) is 7.48. The van der Waals surface area contributed by atoms with Gasteiger partial charge in [-0.1, -0.05) is 6.07 Å². The Bertz CT molecular complexity index is 893. The molecule has 0 radical (unpaired) electrons. The van der Waals surface area contributed by atoms with Gasteiger partial charge in [0.2, 0.25) is 0 Å². The van der Waals surface area contributed by atoms with Crippen LogP contribution in [0.3, 0.4) is 0 Å². The molecule has 0 saturated carbocycles. The number of methoxy groups -OCH3 is 2. The molecule has 0 aliphatic rings. The summed E-state index contributed by atoms with van der Waals surface area (Å²) in [4.78, 5) is 20.2. The number of aryl methyl sites for hydroxylation is 1. The minimum absolute atomic E-state index is 0.210. The largest absolute Gasteiger partial charge is 0.493 e. The second-order valence-electron chi connectivity index (χ2n) is 5.19. The van der Waals surface area contributed by atoms with Gasteiger partial charge in [0.15, 0.2) is 17.3 Å². The van der Waals surface area contributed by atoms with Crippen LogP contribution >= 0.6 is 0 Å². The third-order valence-corrected chi connectivity index (χ3v) is 3.65. The second-order valence-corrected chi connectivity index (χ2v) is 5.19. The highest BCUT2D eigenvalue weighted by Gasteiger charge is 2.18. The molecule has 2 aromatic heterocycles. The highest BCUT2D eigenvalue weighted by Crippen LogP contribution is 2.36. The summed E-state index contributed by atoms with van der Waals surface area (Å²) in [7, 11) is 3.15. The lowest BCUT2D eigenvalue weighted by atomic mass is 10.0. The van der Waals surface area contributed by atoms with Crippen LogP contribution in [0, 0.1) is 6.92 Å². The Kier molecular flexibility index (Phi) is 4.60. The predicted molar refractivity (Wildman–Crippen MR) is 91.8 cm³/mol. The fourth-order valence-corrected chi connectivity index (χ4v) is 2.45. The lowest BCUT2D eigenvalue weighted by Gasteiger charge is -2.10. The molecular formula is C17H17N5O3. The molecule has 0 aliphatic carbocycles. The summed E-state index contributed by atoms with van der Waals surface area (Å²) in [5, 5.41) is 9.82. The summed E-state index contributed by atoms with van der Waals surface area (Å²) in [6.07, 6.45) is 4.36. The number of benzene rings is 1. The highest BCUT2D eigenvalue weighted by atomic mass is 16.5. The van der Waals surface area contributed by atoms with Gasteiger partial charge in [-0.3, -0.25) is 14.9 Å². The smallest absolute Gasteiger partial charge is 0.277 e. The Hall–Kier alpha value is -3.42. The molecule has 0 atom stereocenters. The van der Waals surface area contributed by atoms with Gasteiger partial charge in [-0.25, -0.2) is 4.98 Å². The van der Waals surface area contributed by atoms with Gasteiger partial charge < -0.3 is 14.8 Å². The van der Waals surface area contributed by atoms with Crippen molar-refractivity contribution in [3.63, 3.8) is 0 Å². The number of carbonyl (C=O) groups excluding carboxylic acids is 1. The van der Waals surface area contributed by atoms with Crippen LogP contribution < -0.4 is 14.8 Å². The van der Waals surface area contributed by atoms with Crippen molar-refractivity contribution < 1.29 is 14.3 Å². The monoisotopic (exact) mass is 339 g/mol. The van der Waals surface area contributed by atoms with Crippen LogP contribution in [-0.4, -0.2) is 40.3 Å². The number of H-pyrrole nitrogens is 1. The number of ether oxygens (including phenoxy) is 2. The average molecular weight is 339 g/mol. The van der Waals surface area contributed by atoms with Crippen LogP contribution in [0.4, 0.5) is 5.82 Å². The molecule has 3 aromatic rings. The Morgan fingerprint density at radius 2 is 1.96 bits per heavy atom. The molecule has 0 aliphatic heterocycles. The summed E-state index contributed by atoms with van der Waals surface area (Å²) in [6.45, 7) is 1.87.